The molecule has 0 aliphatic heterocycles. The molecule has 4 nitrogen and oxygen atoms in total. The van der Waals surface area contributed by atoms with E-state index >= 15 is 0 Å². The highest BCUT2D eigenvalue weighted by Gasteiger charge is 2.31. The van der Waals surface area contributed by atoms with Gasteiger partial charge in [0.1, 0.15) is 0 Å². The van der Waals surface area contributed by atoms with Crippen LogP contribution in [0.5, 0.6) is 0 Å². The van der Waals surface area contributed by atoms with Crippen LogP contribution in [0.1, 0.15) is 20.3 Å². The van der Waals surface area contributed by atoms with Crippen LogP contribution in [-0.4, -0.2) is 18.5 Å². The number of amides is 1. The van der Waals surface area contributed by atoms with Gasteiger partial charge in [-0.05, 0) is 45.5 Å². The topological polar surface area (TPSA) is 67.2 Å². The van der Waals surface area contributed by atoms with E-state index in [-0.39, 0.29) is 5.91 Å². The zero-order chi connectivity index (χ0) is 14.6. The summed E-state index contributed by atoms with van der Waals surface area (Å²) in [6.45, 7) is 7.57. The highest BCUT2D eigenvalue weighted by Crippen LogP contribution is 2.24. The van der Waals surface area contributed by atoms with Gasteiger partial charge in [-0.1, -0.05) is 17.2 Å². The van der Waals surface area contributed by atoms with Crippen LogP contribution in [0.4, 0.5) is 11.4 Å². The van der Waals surface area contributed by atoms with Crippen molar-refractivity contribution < 1.29 is 4.79 Å². The number of rotatable bonds is 5. The summed E-state index contributed by atoms with van der Waals surface area (Å²) in [6, 6.07) is 5.01. The Morgan fingerprint density at radius 2 is 2.16 bits per heavy atom. The van der Waals surface area contributed by atoms with Crippen LogP contribution in [0.15, 0.2) is 30.4 Å². The maximum absolute atomic E-state index is 12.3. The van der Waals surface area contributed by atoms with E-state index in [2.05, 4.69) is 17.2 Å². The number of carbonyl (C=O) groups excluding carboxylic acids is 1. The monoisotopic (exact) mass is 281 g/mol. The Hall–Kier alpha value is -1.52. The molecule has 1 amide bonds. The molecule has 0 bridgehead atoms. The third kappa shape index (κ3) is 3.98. The maximum atomic E-state index is 12.3. The molecule has 0 fully saturated rings. The predicted octanol–water partition coefficient (Wildman–Crippen LogP) is 2.81. The molecule has 1 aromatic rings. The molecule has 0 aliphatic rings. The van der Waals surface area contributed by atoms with Crippen molar-refractivity contribution in [2.75, 3.05) is 18.1 Å². The molecule has 104 valence electrons. The van der Waals surface area contributed by atoms with Gasteiger partial charge in [0.05, 0.1) is 16.2 Å². The Morgan fingerprint density at radius 3 is 2.63 bits per heavy atom. The van der Waals surface area contributed by atoms with Crippen molar-refractivity contribution in [3.63, 3.8) is 0 Å². The van der Waals surface area contributed by atoms with Crippen LogP contribution in [0, 0.1) is 0 Å². The average molecular weight is 282 g/mol. The molecule has 0 heterocycles. The number of hydrogen-bond donors (Lipinski definition) is 3. The van der Waals surface area contributed by atoms with Crippen molar-refractivity contribution in [3.05, 3.63) is 35.4 Å². The lowest BCUT2D eigenvalue weighted by atomic mass is 9.93. The van der Waals surface area contributed by atoms with Gasteiger partial charge >= 0.3 is 0 Å². The molecule has 0 saturated carbocycles. The lowest BCUT2D eigenvalue weighted by Gasteiger charge is -2.28. The van der Waals surface area contributed by atoms with Crippen LogP contribution in [0.25, 0.3) is 0 Å². The lowest BCUT2D eigenvalue weighted by molar-refractivity contribution is -0.121. The molecular formula is C14H20ClN3O. The van der Waals surface area contributed by atoms with Crippen molar-refractivity contribution in [2.24, 2.45) is 0 Å². The van der Waals surface area contributed by atoms with Gasteiger partial charge in [-0.2, -0.15) is 0 Å². The molecule has 1 unspecified atom stereocenters. The summed E-state index contributed by atoms with van der Waals surface area (Å²) in [4.78, 5) is 12.3. The zero-order valence-corrected chi connectivity index (χ0v) is 12.3. The predicted molar refractivity (Wildman–Crippen MR) is 81.4 cm³/mol. The highest BCUT2D eigenvalue weighted by atomic mass is 35.5. The molecule has 19 heavy (non-hydrogen) atoms. The molecule has 1 aromatic carbocycles. The minimum Gasteiger partial charge on any atom is -0.397 e. The smallest absolute Gasteiger partial charge is 0.244 e. The quantitative estimate of drug-likeness (QED) is 0.574. The molecule has 0 spiro atoms. The summed E-state index contributed by atoms with van der Waals surface area (Å²) < 4.78 is 0. The largest absolute Gasteiger partial charge is 0.397 e. The Kier molecular flexibility index (Phi) is 4.97. The van der Waals surface area contributed by atoms with Gasteiger partial charge in [0.25, 0.3) is 0 Å². The first kappa shape index (κ1) is 15.5. The summed E-state index contributed by atoms with van der Waals surface area (Å²) in [5.41, 5.74) is 6.99. The number of halogens is 1. The number of anilines is 2. The third-order valence-electron chi connectivity index (χ3n) is 2.96. The van der Waals surface area contributed by atoms with Crippen LogP contribution >= 0.6 is 11.6 Å². The summed E-state index contributed by atoms with van der Waals surface area (Å²) in [7, 11) is 1.75. The van der Waals surface area contributed by atoms with E-state index in [1.54, 1.807) is 25.2 Å². The lowest BCUT2D eigenvalue weighted by Crippen LogP contribution is -2.50. The second kappa shape index (κ2) is 6.08. The SMILES string of the molecule is C=C(C)CC(C)(NC)C(=O)Nc1ccc(Cl)c(N)c1. The summed E-state index contributed by atoms with van der Waals surface area (Å²) in [5.74, 6) is -0.139. The Labute approximate surface area is 119 Å². The van der Waals surface area contributed by atoms with Crippen molar-refractivity contribution >= 4 is 28.9 Å². The van der Waals surface area contributed by atoms with Gasteiger partial charge in [0.15, 0.2) is 0 Å². The second-order valence-electron chi connectivity index (χ2n) is 4.91. The number of benzene rings is 1. The fourth-order valence-corrected chi connectivity index (χ4v) is 1.89. The van der Waals surface area contributed by atoms with Gasteiger partial charge in [-0.15, -0.1) is 6.58 Å². The summed E-state index contributed by atoms with van der Waals surface area (Å²) >= 11 is 5.84. The molecule has 1 rings (SSSR count). The molecule has 0 radical (unpaired) electrons. The number of carbonyl (C=O) groups is 1. The first-order valence-corrected chi connectivity index (χ1v) is 6.36. The van der Waals surface area contributed by atoms with Crippen LogP contribution in [0.2, 0.25) is 5.02 Å². The van der Waals surface area contributed by atoms with Gasteiger partial charge in [-0.25, -0.2) is 0 Å². The van der Waals surface area contributed by atoms with E-state index in [1.807, 2.05) is 13.8 Å². The zero-order valence-electron chi connectivity index (χ0n) is 11.5. The van der Waals surface area contributed by atoms with E-state index in [0.29, 0.717) is 22.8 Å². The van der Waals surface area contributed by atoms with Crippen LogP contribution in [-0.2, 0) is 4.79 Å². The molecule has 1 atom stereocenters. The molecule has 5 heteroatoms. The van der Waals surface area contributed by atoms with Crippen molar-refractivity contribution in [1.29, 1.82) is 0 Å². The highest BCUT2D eigenvalue weighted by molar-refractivity contribution is 6.33. The third-order valence-corrected chi connectivity index (χ3v) is 3.31. The first-order valence-electron chi connectivity index (χ1n) is 5.98. The average Bonchev–Trinajstić information content (AvgIpc) is 2.32. The maximum Gasteiger partial charge on any atom is 0.244 e. The molecule has 0 saturated heterocycles. The minimum atomic E-state index is -0.708. The Balaban J connectivity index is 2.87. The van der Waals surface area contributed by atoms with Gasteiger partial charge < -0.3 is 16.4 Å². The van der Waals surface area contributed by atoms with Crippen molar-refractivity contribution in [1.82, 2.24) is 5.32 Å². The normalized spacial score (nSPS) is 13.7. The van der Waals surface area contributed by atoms with E-state index in [9.17, 15) is 4.79 Å². The van der Waals surface area contributed by atoms with Gasteiger partial charge in [0, 0.05) is 5.69 Å². The second-order valence-corrected chi connectivity index (χ2v) is 5.31. The standard InChI is InChI=1S/C14H20ClN3O/c1-9(2)8-14(3,17-4)13(19)18-10-5-6-11(15)12(16)7-10/h5-7,17H,1,8,16H2,2-4H3,(H,18,19). The number of nitrogen functional groups attached to an aromatic ring is 1. The van der Waals surface area contributed by atoms with Gasteiger partial charge in [-0.3, -0.25) is 4.79 Å². The number of likely N-dealkylation sites (N-methyl/N-ethyl adjacent to an activating group) is 1. The number of nitrogens with one attached hydrogen (secondary N) is 2. The van der Waals surface area contributed by atoms with E-state index in [1.165, 1.54) is 0 Å². The molecule has 0 aromatic heterocycles. The molecule has 0 aliphatic carbocycles. The van der Waals surface area contributed by atoms with Crippen molar-refractivity contribution in [3.8, 4) is 0 Å². The number of hydrogen-bond acceptors (Lipinski definition) is 3. The molecular weight excluding hydrogens is 262 g/mol. The fourth-order valence-electron chi connectivity index (χ4n) is 1.78. The van der Waals surface area contributed by atoms with Gasteiger partial charge in [0.2, 0.25) is 5.91 Å². The van der Waals surface area contributed by atoms with E-state index < -0.39 is 5.54 Å². The van der Waals surface area contributed by atoms with E-state index in [0.717, 1.165) is 5.57 Å². The van der Waals surface area contributed by atoms with Crippen LogP contribution < -0.4 is 16.4 Å². The van der Waals surface area contributed by atoms with Crippen LogP contribution in [0.3, 0.4) is 0 Å². The van der Waals surface area contributed by atoms with E-state index in [4.69, 9.17) is 17.3 Å². The minimum absolute atomic E-state index is 0.139. The Bertz CT molecular complexity index is 501. The summed E-state index contributed by atoms with van der Waals surface area (Å²) in [6.07, 6.45) is 0.554. The number of nitrogens with two attached hydrogens (primary N) is 1. The first-order chi connectivity index (χ1) is 8.78. The Morgan fingerprint density at radius 1 is 1.53 bits per heavy atom. The van der Waals surface area contributed by atoms with Crippen molar-refractivity contribution in [2.45, 2.75) is 25.8 Å². The molecule has 4 N–H and O–H groups in total. The summed E-state index contributed by atoms with van der Waals surface area (Å²) in [5, 5.41) is 6.32. The fraction of sp³-hybridized carbons (Fsp3) is 0.357.